The fraction of sp³-hybridized carbons (Fsp3) is 0.600. The van der Waals surface area contributed by atoms with Gasteiger partial charge in [-0.2, -0.15) is 0 Å². The highest BCUT2D eigenvalue weighted by molar-refractivity contribution is 9.10. The van der Waals surface area contributed by atoms with Crippen LogP contribution in [0.1, 0.15) is 26.2 Å². The van der Waals surface area contributed by atoms with Crippen LogP contribution >= 0.6 is 28.3 Å². The smallest absolute Gasteiger partial charge is 0.241 e. The Kier molecular flexibility index (Phi) is 8.36. The summed E-state index contributed by atoms with van der Waals surface area (Å²) in [5.41, 5.74) is 0. The van der Waals surface area contributed by atoms with Crippen LogP contribution < -0.4 is 4.72 Å². The number of piperidine rings is 1. The van der Waals surface area contributed by atoms with Crippen LogP contribution in [-0.4, -0.2) is 53.7 Å². The van der Waals surface area contributed by atoms with Gasteiger partial charge >= 0.3 is 0 Å². The summed E-state index contributed by atoms with van der Waals surface area (Å²) >= 11 is 3.21. The number of hydrogen-bond donors (Lipinski definition) is 1. The third-order valence-electron chi connectivity index (χ3n) is 4.07. The summed E-state index contributed by atoms with van der Waals surface area (Å²) in [6.07, 6.45) is 3.65. The Bertz CT molecular complexity index is 792. The molecule has 6 nitrogen and oxygen atoms in total. The van der Waals surface area contributed by atoms with Crippen molar-refractivity contribution in [2.75, 3.05) is 25.9 Å². The predicted octanol–water partition coefficient (Wildman–Crippen LogP) is 2.43. The first-order valence-electron chi connectivity index (χ1n) is 7.88. The first-order chi connectivity index (χ1) is 11.1. The number of hydrogen-bond acceptors (Lipinski definition) is 5. The van der Waals surface area contributed by atoms with Crippen molar-refractivity contribution in [3.63, 3.8) is 0 Å². The molecule has 0 saturated carbocycles. The summed E-state index contributed by atoms with van der Waals surface area (Å²) in [5.74, 6) is 0. The third-order valence-corrected chi connectivity index (χ3v) is 7.69. The lowest BCUT2D eigenvalue weighted by Crippen LogP contribution is -2.44. The van der Waals surface area contributed by atoms with Gasteiger partial charge in [-0.25, -0.2) is 21.6 Å². The van der Waals surface area contributed by atoms with Crippen LogP contribution in [0.4, 0.5) is 0 Å². The standard InChI is InChI=1S/C15H23BrN2O4S2.ClH/c1-3-8-18-9-6-12(7-10-18)17-24(21,22)15-11-13(23(2,19)20)4-5-14(15)16;/h4-5,11-12,17H,3,6-10H2,1-2H3;1H. The maximum absolute atomic E-state index is 12.7. The Morgan fingerprint density at radius 1 is 1.20 bits per heavy atom. The topological polar surface area (TPSA) is 83.6 Å². The van der Waals surface area contributed by atoms with E-state index in [1.807, 2.05) is 0 Å². The zero-order valence-corrected chi connectivity index (χ0v) is 18.3. The minimum absolute atomic E-state index is 0. The lowest BCUT2D eigenvalue weighted by molar-refractivity contribution is 0.208. The van der Waals surface area contributed by atoms with Crippen LogP contribution in [-0.2, 0) is 19.9 Å². The number of sulfone groups is 1. The summed E-state index contributed by atoms with van der Waals surface area (Å²) in [6.45, 7) is 4.89. The van der Waals surface area contributed by atoms with Gasteiger partial charge in [0.15, 0.2) is 9.84 Å². The fourth-order valence-corrected chi connectivity index (χ4v) is 5.81. The highest BCUT2D eigenvalue weighted by Crippen LogP contribution is 2.26. The molecule has 0 amide bonds. The summed E-state index contributed by atoms with van der Waals surface area (Å²) in [4.78, 5) is 2.27. The molecule has 0 spiro atoms. The molecule has 1 aromatic carbocycles. The molecule has 25 heavy (non-hydrogen) atoms. The molecule has 10 heteroatoms. The van der Waals surface area contributed by atoms with E-state index in [9.17, 15) is 16.8 Å². The molecule has 0 bridgehead atoms. The molecule has 1 N–H and O–H groups in total. The quantitative estimate of drug-likeness (QED) is 0.683. The van der Waals surface area contributed by atoms with E-state index in [1.165, 1.54) is 18.2 Å². The highest BCUT2D eigenvalue weighted by Gasteiger charge is 2.26. The normalized spacial score (nSPS) is 17.2. The van der Waals surface area contributed by atoms with Crippen molar-refractivity contribution in [3.8, 4) is 0 Å². The minimum Gasteiger partial charge on any atom is -0.303 e. The van der Waals surface area contributed by atoms with Gasteiger partial charge in [-0.05, 0) is 73.0 Å². The molecule has 2 rings (SSSR count). The lowest BCUT2D eigenvalue weighted by Gasteiger charge is -2.32. The average Bonchev–Trinajstić information content (AvgIpc) is 2.48. The zero-order valence-electron chi connectivity index (χ0n) is 14.2. The zero-order chi connectivity index (χ0) is 18.0. The number of benzene rings is 1. The van der Waals surface area contributed by atoms with Gasteiger partial charge in [0.05, 0.1) is 9.79 Å². The molecular formula is C15H24BrClN2O4S2. The molecule has 1 aliphatic heterocycles. The molecule has 0 unspecified atom stereocenters. The number of sulfonamides is 1. The van der Waals surface area contributed by atoms with Crippen molar-refractivity contribution < 1.29 is 16.8 Å². The number of nitrogens with zero attached hydrogens (tertiary/aromatic N) is 1. The van der Waals surface area contributed by atoms with Gasteiger partial charge in [0.1, 0.15) is 0 Å². The van der Waals surface area contributed by atoms with Crippen molar-refractivity contribution in [2.24, 2.45) is 0 Å². The second-order valence-electron chi connectivity index (χ2n) is 6.10. The van der Waals surface area contributed by atoms with Crippen LogP contribution in [0.3, 0.4) is 0 Å². The van der Waals surface area contributed by atoms with E-state index in [4.69, 9.17) is 0 Å². The Labute approximate surface area is 164 Å². The minimum atomic E-state index is -3.78. The van der Waals surface area contributed by atoms with Crippen molar-refractivity contribution in [2.45, 2.75) is 42.0 Å². The van der Waals surface area contributed by atoms with Gasteiger partial charge in [0, 0.05) is 16.8 Å². The van der Waals surface area contributed by atoms with Crippen molar-refractivity contribution in [1.29, 1.82) is 0 Å². The molecule has 1 fully saturated rings. The van der Waals surface area contributed by atoms with Crippen LogP contribution in [0, 0.1) is 0 Å². The highest BCUT2D eigenvalue weighted by atomic mass is 79.9. The SMILES string of the molecule is CCCN1CCC(NS(=O)(=O)c2cc(S(C)(=O)=O)ccc2Br)CC1.Cl. The number of halogens is 2. The Hall–Kier alpha value is -0.190. The molecule has 0 aromatic heterocycles. The molecule has 0 radical (unpaired) electrons. The molecule has 1 aromatic rings. The van der Waals surface area contributed by atoms with Crippen LogP contribution in [0.25, 0.3) is 0 Å². The van der Waals surface area contributed by atoms with E-state index in [1.54, 1.807) is 0 Å². The maximum atomic E-state index is 12.7. The predicted molar refractivity (Wildman–Crippen MR) is 105 cm³/mol. The Morgan fingerprint density at radius 3 is 2.32 bits per heavy atom. The molecule has 1 saturated heterocycles. The maximum Gasteiger partial charge on any atom is 0.241 e. The van der Waals surface area contributed by atoms with Crippen LogP contribution in [0.5, 0.6) is 0 Å². The van der Waals surface area contributed by atoms with Crippen LogP contribution in [0.2, 0.25) is 0 Å². The molecule has 0 atom stereocenters. The van der Waals surface area contributed by atoms with E-state index in [0.29, 0.717) is 4.47 Å². The number of rotatable bonds is 6. The first-order valence-corrected chi connectivity index (χ1v) is 12.0. The van der Waals surface area contributed by atoms with Crippen molar-refractivity contribution in [1.82, 2.24) is 9.62 Å². The largest absolute Gasteiger partial charge is 0.303 e. The first kappa shape index (κ1) is 22.9. The Morgan fingerprint density at radius 2 is 1.80 bits per heavy atom. The molecule has 1 aliphatic rings. The monoisotopic (exact) mass is 474 g/mol. The second-order valence-corrected chi connectivity index (χ2v) is 10.7. The number of nitrogens with one attached hydrogen (secondary N) is 1. The van der Waals surface area contributed by atoms with E-state index in [2.05, 4.69) is 32.5 Å². The third kappa shape index (κ3) is 6.18. The molecule has 0 aliphatic carbocycles. The lowest BCUT2D eigenvalue weighted by atomic mass is 10.1. The Balaban J connectivity index is 0.00000312. The summed E-state index contributed by atoms with van der Waals surface area (Å²) in [5, 5.41) is 0. The van der Waals surface area contributed by atoms with Gasteiger partial charge in [-0.3, -0.25) is 0 Å². The summed E-state index contributed by atoms with van der Waals surface area (Å²) < 4.78 is 51.7. The summed E-state index contributed by atoms with van der Waals surface area (Å²) in [7, 11) is -7.25. The van der Waals surface area contributed by atoms with Gasteiger partial charge in [-0.15, -0.1) is 12.4 Å². The van der Waals surface area contributed by atoms with E-state index >= 15 is 0 Å². The second kappa shape index (κ2) is 9.14. The number of likely N-dealkylation sites (tertiary alicyclic amines) is 1. The molecular weight excluding hydrogens is 452 g/mol. The average molecular weight is 476 g/mol. The van der Waals surface area contributed by atoms with E-state index < -0.39 is 19.9 Å². The van der Waals surface area contributed by atoms with Gasteiger partial charge < -0.3 is 4.90 Å². The van der Waals surface area contributed by atoms with E-state index in [0.717, 1.165) is 45.2 Å². The molecule has 1 heterocycles. The van der Waals surface area contributed by atoms with Crippen molar-refractivity contribution >= 4 is 48.2 Å². The van der Waals surface area contributed by atoms with Gasteiger partial charge in [-0.1, -0.05) is 6.92 Å². The van der Waals surface area contributed by atoms with Crippen molar-refractivity contribution in [3.05, 3.63) is 22.7 Å². The molecule has 144 valence electrons. The van der Waals surface area contributed by atoms with Crippen LogP contribution in [0.15, 0.2) is 32.5 Å². The van der Waals surface area contributed by atoms with Gasteiger partial charge in [0.2, 0.25) is 10.0 Å². The summed E-state index contributed by atoms with van der Waals surface area (Å²) in [6, 6.07) is 3.92. The van der Waals surface area contributed by atoms with E-state index in [-0.39, 0.29) is 28.2 Å². The fourth-order valence-electron chi connectivity index (χ4n) is 2.79. The van der Waals surface area contributed by atoms with Gasteiger partial charge in [0.25, 0.3) is 0 Å².